The van der Waals surface area contributed by atoms with Crippen LogP contribution in [0.3, 0.4) is 0 Å². The molecule has 0 amide bonds. The molecule has 0 aliphatic heterocycles. The first-order valence-electron chi connectivity index (χ1n) is 6.54. The summed E-state index contributed by atoms with van der Waals surface area (Å²) < 4.78 is 2.10. The lowest BCUT2D eigenvalue weighted by Gasteiger charge is -2.17. The SMILES string of the molecule is CCn1ccnc1CC(Cc1c(Cl)cccc1Cl)NN. The Labute approximate surface area is 128 Å². The molecule has 0 radical (unpaired) electrons. The number of rotatable bonds is 6. The Balaban J connectivity index is 2.13. The predicted octanol–water partition coefficient (Wildman–Crippen LogP) is 2.83. The normalized spacial score (nSPS) is 12.6. The van der Waals surface area contributed by atoms with E-state index >= 15 is 0 Å². The largest absolute Gasteiger partial charge is 0.335 e. The van der Waals surface area contributed by atoms with Crippen molar-refractivity contribution in [3.63, 3.8) is 0 Å². The lowest BCUT2D eigenvalue weighted by atomic mass is 10.0. The van der Waals surface area contributed by atoms with E-state index in [0.717, 1.165) is 24.4 Å². The highest BCUT2D eigenvalue weighted by molar-refractivity contribution is 6.36. The van der Waals surface area contributed by atoms with Gasteiger partial charge in [0.05, 0.1) is 0 Å². The molecular formula is C14H18Cl2N4. The van der Waals surface area contributed by atoms with Gasteiger partial charge in [0.15, 0.2) is 0 Å². The van der Waals surface area contributed by atoms with Crippen molar-refractivity contribution < 1.29 is 0 Å². The van der Waals surface area contributed by atoms with E-state index in [9.17, 15) is 0 Å². The fourth-order valence-electron chi connectivity index (χ4n) is 2.20. The Bertz CT molecular complexity index is 548. The first-order valence-corrected chi connectivity index (χ1v) is 7.30. The Morgan fingerprint density at radius 3 is 2.60 bits per heavy atom. The van der Waals surface area contributed by atoms with E-state index in [1.165, 1.54) is 0 Å². The summed E-state index contributed by atoms with van der Waals surface area (Å²) in [5, 5.41) is 1.33. The number of hydrazine groups is 1. The lowest BCUT2D eigenvalue weighted by Crippen LogP contribution is -2.39. The molecule has 0 aliphatic carbocycles. The molecule has 0 saturated carbocycles. The van der Waals surface area contributed by atoms with Crippen LogP contribution in [0.15, 0.2) is 30.6 Å². The summed E-state index contributed by atoms with van der Waals surface area (Å²) in [5.41, 5.74) is 3.73. The Hall–Kier alpha value is -1.07. The fraction of sp³-hybridized carbons (Fsp3) is 0.357. The third kappa shape index (κ3) is 3.52. The molecule has 1 atom stereocenters. The standard InChI is InChI=1S/C14H18Cl2N4/c1-2-20-7-6-18-14(20)9-10(19-17)8-11-12(15)4-3-5-13(11)16/h3-7,10,19H,2,8-9,17H2,1H3. The van der Waals surface area contributed by atoms with Crippen LogP contribution in [0.1, 0.15) is 18.3 Å². The first-order chi connectivity index (χ1) is 9.65. The highest BCUT2D eigenvalue weighted by Crippen LogP contribution is 2.25. The molecule has 1 aromatic carbocycles. The number of benzene rings is 1. The first kappa shape index (κ1) is 15.3. The Kier molecular flexibility index (Phi) is 5.43. The van der Waals surface area contributed by atoms with E-state index in [2.05, 4.69) is 21.9 Å². The molecule has 3 N–H and O–H groups in total. The van der Waals surface area contributed by atoms with Crippen molar-refractivity contribution in [3.05, 3.63) is 52.0 Å². The van der Waals surface area contributed by atoms with Crippen molar-refractivity contribution in [1.29, 1.82) is 0 Å². The number of aromatic nitrogens is 2. The monoisotopic (exact) mass is 312 g/mol. The van der Waals surface area contributed by atoms with E-state index in [1.54, 1.807) is 6.20 Å². The van der Waals surface area contributed by atoms with E-state index in [-0.39, 0.29) is 6.04 Å². The molecule has 0 aliphatic rings. The van der Waals surface area contributed by atoms with Gasteiger partial charge in [-0.15, -0.1) is 0 Å². The van der Waals surface area contributed by atoms with Crippen molar-refractivity contribution in [2.75, 3.05) is 0 Å². The van der Waals surface area contributed by atoms with E-state index in [1.807, 2.05) is 24.4 Å². The average molecular weight is 313 g/mol. The maximum absolute atomic E-state index is 6.20. The summed E-state index contributed by atoms with van der Waals surface area (Å²) in [6, 6.07) is 5.54. The Morgan fingerprint density at radius 1 is 1.30 bits per heavy atom. The van der Waals surface area contributed by atoms with Crippen molar-refractivity contribution in [2.24, 2.45) is 5.84 Å². The van der Waals surface area contributed by atoms with Crippen molar-refractivity contribution >= 4 is 23.2 Å². The maximum Gasteiger partial charge on any atom is 0.110 e. The molecule has 0 spiro atoms. The fourth-order valence-corrected chi connectivity index (χ4v) is 2.75. The van der Waals surface area contributed by atoms with Crippen LogP contribution in [0.4, 0.5) is 0 Å². The molecule has 1 unspecified atom stereocenters. The van der Waals surface area contributed by atoms with Crippen molar-refractivity contribution in [1.82, 2.24) is 15.0 Å². The second-order valence-electron chi connectivity index (χ2n) is 4.60. The number of nitrogens with two attached hydrogens (primary N) is 1. The maximum atomic E-state index is 6.20. The zero-order valence-corrected chi connectivity index (χ0v) is 12.8. The minimum Gasteiger partial charge on any atom is -0.335 e. The van der Waals surface area contributed by atoms with Gasteiger partial charge in [0.2, 0.25) is 0 Å². The summed E-state index contributed by atoms with van der Waals surface area (Å²) in [7, 11) is 0. The average Bonchev–Trinajstić information content (AvgIpc) is 2.88. The molecule has 2 aromatic rings. The van der Waals surface area contributed by atoms with Gasteiger partial charge >= 0.3 is 0 Å². The second kappa shape index (κ2) is 7.09. The molecule has 0 fully saturated rings. The van der Waals surface area contributed by atoms with E-state index < -0.39 is 0 Å². The highest BCUT2D eigenvalue weighted by Gasteiger charge is 2.15. The summed E-state index contributed by atoms with van der Waals surface area (Å²) >= 11 is 12.4. The van der Waals surface area contributed by atoms with Crippen LogP contribution < -0.4 is 11.3 Å². The van der Waals surface area contributed by atoms with Gasteiger partial charge in [-0.1, -0.05) is 29.3 Å². The van der Waals surface area contributed by atoms with Gasteiger partial charge in [-0.25, -0.2) is 4.98 Å². The minimum absolute atomic E-state index is 0.0279. The number of imidazole rings is 1. The third-order valence-electron chi connectivity index (χ3n) is 3.32. The molecular weight excluding hydrogens is 295 g/mol. The van der Waals surface area contributed by atoms with Crippen molar-refractivity contribution in [3.8, 4) is 0 Å². The zero-order chi connectivity index (χ0) is 14.5. The summed E-state index contributed by atoms with van der Waals surface area (Å²) in [5.74, 6) is 6.65. The van der Waals surface area contributed by atoms with E-state index in [4.69, 9.17) is 29.0 Å². The van der Waals surface area contributed by atoms with Gasteiger partial charge in [-0.05, 0) is 31.0 Å². The summed E-state index contributed by atoms with van der Waals surface area (Å²) in [6.07, 6.45) is 5.14. The molecule has 2 rings (SSSR count). The van der Waals surface area contributed by atoms with Crippen LogP contribution in [0.2, 0.25) is 10.0 Å². The molecule has 4 nitrogen and oxygen atoms in total. The van der Waals surface area contributed by atoms with Gasteiger partial charge < -0.3 is 4.57 Å². The summed E-state index contributed by atoms with van der Waals surface area (Å²) in [6.45, 7) is 2.97. The zero-order valence-electron chi connectivity index (χ0n) is 11.3. The molecule has 0 saturated heterocycles. The highest BCUT2D eigenvalue weighted by atomic mass is 35.5. The van der Waals surface area contributed by atoms with Crippen LogP contribution >= 0.6 is 23.2 Å². The predicted molar refractivity (Wildman–Crippen MR) is 82.9 cm³/mol. The molecule has 108 valence electrons. The van der Waals surface area contributed by atoms with Crippen LogP contribution in [0.5, 0.6) is 0 Å². The number of nitrogens with zero attached hydrogens (tertiary/aromatic N) is 2. The number of halogens is 2. The number of hydrogen-bond donors (Lipinski definition) is 2. The van der Waals surface area contributed by atoms with Gasteiger partial charge in [-0.2, -0.15) is 0 Å². The molecule has 0 bridgehead atoms. The third-order valence-corrected chi connectivity index (χ3v) is 4.03. The second-order valence-corrected chi connectivity index (χ2v) is 5.42. The van der Waals surface area contributed by atoms with E-state index in [0.29, 0.717) is 16.5 Å². The van der Waals surface area contributed by atoms with Crippen LogP contribution in [-0.2, 0) is 19.4 Å². The smallest absolute Gasteiger partial charge is 0.110 e. The molecule has 20 heavy (non-hydrogen) atoms. The summed E-state index contributed by atoms with van der Waals surface area (Å²) in [4.78, 5) is 4.36. The lowest BCUT2D eigenvalue weighted by molar-refractivity contribution is 0.499. The molecule has 1 heterocycles. The van der Waals surface area contributed by atoms with Gasteiger partial charge in [0.25, 0.3) is 0 Å². The van der Waals surface area contributed by atoms with Crippen LogP contribution in [0, 0.1) is 0 Å². The number of nitrogens with one attached hydrogen (secondary N) is 1. The topological polar surface area (TPSA) is 55.9 Å². The van der Waals surface area contributed by atoms with Gasteiger partial charge in [-0.3, -0.25) is 11.3 Å². The number of aryl methyl sites for hydroxylation is 1. The van der Waals surface area contributed by atoms with Crippen LogP contribution in [-0.4, -0.2) is 15.6 Å². The van der Waals surface area contributed by atoms with Crippen LogP contribution in [0.25, 0.3) is 0 Å². The van der Waals surface area contributed by atoms with Gasteiger partial charge in [0, 0.05) is 41.4 Å². The van der Waals surface area contributed by atoms with Crippen molar-refractivity contribution in [2.45, 2.75) is 32.4 Å². The molecule has 6 heteroatoms. The minimum atomic E-state index is 0.0279. The quantitative estimate of drug-likeness (QED) is 0.637. The number of hydrogen-bond acceptors (Lipinski definition) is 3. The Morgan fingerprint density at radius 2 is 2.00 bits per heavy atom. The van der Waals surface area contributed by atoms with Gasteiger partial charge in [0.1, 0.15) is 5.82 Å². The molecule has 1 aromatic heterocycles.